The summed E-state index contributed by atoms with van der Waals surface area (Å²) in [6.45, 7) is 30.4. The Balaban J connectivity index is 1.13. The molecule has 3 heterocycles. The van der Waals surface area contributed by atoms with Crippen LogP contribution in [0.5, 0.6) is 11.5 Å². The Morgan fingerprint density at radius 3 is 1.80 bits per heavy atom. The van der Waals surface area contributed by atoms with Crippen molar-refractivity contribution in [3.05, 3.63) is 156 Å². The maximum absolute atomic E-state index is 6.76. The number of rotatable bonds is 6. The highest BCUT2D eigenvalue weighted by atomic mass is 16.5. The van der Waals surface area contributed by atoms with Crippen molar-refractivity contribution in [2.45, 2.75) is 112 Å². The summed E-state index contributed by atoms with van der Waals surface area (Å²) in [5.74, 6) is 2.46. The summed E-state index contributed by atoms with van der Waals surface area (Å²) in [5.41, 5.74) is 13.5. The summed E-state index contributed by atoms with van der Waals surface area (Å²) >= 11 is 0. The Labute approximate surface area is 358 Å². The number of fused-ring (bicyclic) bond motifs is 3. The van der Waals surface area contributed by atoms with E-state index in [-0.39, 0.29) is 21.7 Å². The highest BCUT2D eigenvalue weighted by Crippen LogP contribution is 2.40. The van der Waals surface area contributed by atoms with Crippen molar-refractivity contribution in [3.63, 3.8) is 0 Å². The van der Waals surface area contributed by atoms with Crippen LogP contribution in [0.1, 0.15) is 111 Å². The first-order valence-electron chi connectivity index (χ1n) is 21.5. The fourth-order valence-electron chi connectivity index (χ4n) is 8.34. The van der Waals surface area contributed by atoms with E-state index in [1.165, 1.54) is 38.9 Å². The van der Waals surface area contributed by atoms with Crippen LogP contribution < -0.4 is 14.5 Å². The molecule has 5 aromatic carbocycles. The van der Waals surface area contributed by atoms with Crippen LogP contribution in [0.3, 0.4) is 0 Å². The van der Waals surface area contributed by atoms with E-state index in [0.29, 0.717) is 0 Å². The molecule has 1 aliphatic heterocycles. The quantitative estimate of drug-likeness (QED) is 0.168. The molecule has 308 valence electrons. The third kappa shape index (κ3) is 8.07. The topological polar surface area (TPSA) is 33.5 Å². The molecule has 0 N–H and O–H groups in total. The number of benzene rings is 5. The van der Waals surface area contributed by atoms with Crippen molar-refractivity contribution in [2.24, 2.45) is 0 Å². The van der Waals surface area contributed by atoms with Gasteiger partial charge in [0.05, 0.1) is 17.7 Å². The normalized spacial score (nSPS) is 13.9. The number of nitrogens with zero attached hydrogens (tertiary/aromatic N) is 4. The van der Waals surface area contributed by atoms with Gasteiger partial charge in [-0.05, 0) is 122 Å². The van der Waals surface area contributed by atoms with Gasteiger partial charge in [-0.2, -0.15) is 0 Å². The van der Waals surface area contributed by atoms with Gasteiger partial charge in [0.2, 0.25) is 0 Å². The monoisotopic (exact) mass is 794 g/mol. The summed E-state index contributed by atoms with van der Waals surface area (Å²) in [4.78, 5) is 9.64. The molecule has 0 spiro atoms. The highest BCUT2D eigenvalue weighted by Gasteiger charge is 2.26. The fourth-order valence-corrected chi connectivity index (χ4v) is 8.34. The summed E-state index contributed by atoms with van der Waals surface area (Å²) in [5, 5.41) is 2.34. The smallest absolute Gasteiger partial charge is 0.138 e. The summed E-state index contributed by atoms with van der Waals surface area (Å²) in [6, 6.07) is 40.0. The lowest BCUT2D eigenvalue weighted by Crippen LogP contribution is -2.26. The molecule has 5 nitrogen and oxygen atoms in total. The number of pyridine rings is 1. The standard InChI is InChI=1S/C55H62N4O/c1-36-26-41(57-24-25-58(35-57)42-30-39(53(5,6)7)29-40(31-42)54(8,9)10)33-44(27-36)60-43-19-21-47-46-16-14-15-17-49(46)59(50(47)34-43)51-28-37(22-23-56-51)45-20-18-38(52(2,3)4)32-48(45)55(11,12)13/h14-34H,35H2,1-13H3. The summed E-state index contributed by atoms with van der Waals surface area (Å²) in [6.07, 6.45) is 6.31. The number of ether oxygens (including phenoxy) is 1. The van der Waals surface area contributed by atoms with Gasteiger partial charge in [0.15, 0.2) is 0 Å². The predicted molar refractivity (Wildman–Crippen MR) is 255 cm³/mol. The minimum atomic E-state index is -0.0343. The Kier molecular flexibility index (Phi) is 10.0. The van der Waals surface area contributed by atoms with Gasteiger partial charge in [-0.1, -0.05) is 126 Å². The number of hydrogen-bond donors (Lipinski definition) is 0. The number of anilines is 2. The Morgan fingerprint density at radius 2 is 1.15 bits per heavy atom. The van der Waals surface area contributed by atoms with E-state index < -0.39 is 0 Å². The van der Waals surface area contributed by atoms with Gasteiger partial charge in [-0.25, -0.2) is 4.98 Å². The second-order valence-corrected chi connectivity index (χ2v) is 20.9. The van der Waals surface area contributed by atoms with Gasteiger partial charge in [0.1, 0.15) is 17.3 Å². The number of para-hydroxylation sites is 1. The van der Waals surface area contributed by atoms with E-state index in [4.69, 9.17) is 9.72 Å². The number of aryl methyl sites for hydroxylation is 1. The van der Waals surface area contributed by atoms with Crippen molar-refractivity contribution < 1.29 is 4.74 Å². The molecular formula is C55H62N4O. The van der Waals surface area contributed by atoms with Crippen molar-refractivity contribution in [1.82, 2.24) is 9.55 Å². The maximum atomic E-state index is 6.76. The zero-order chi connectivity index (χ0) is 42.9. The third-order valence-corrected chi connectivity index (χ3v) is 11.9. The Bertz CT molecular complexity index is 2740. The van der Waals surface area contributed by atoms with E-state index >= 15 is 0 Å². The van der Waals surface area contributed by atoms with E-state index in [9.17, 15) is 0 Å². The molecule has 60 heavy (non-hydrogen) atoms. The van der Waals surface area contributed by atoms with E-state index in [0.717, 1.165) is 57.2 Å². The highest BCUT2D eigenvalue weighted by molar-refractivity contribution is 6.09. The molecule has 0 saturated heterocycles. The minimum Gasteiger partial charge on any atom is -0.457 e. The van der Waals surface area contributed by atoms with Gasteiger partial charge in [-0.3, -0.25) is 4.57 Å². The molecule has 2 aromatic heterocycles. The van der Waals surface area contributed by atoms with Crippen LogP contribution in [0, 0.1) is 6.92 Å². The van der Waals surface area contributed by atoms with Gasteiger partial charge < -0.3 is 14.5 Å². The largest absolute Gasteiger partial charge is 0.457 e. The van der Waals surface area contributed by atoms with Gasteiger partial charge >= 0.3 is 0 Å². The molecule has 1 aliphatic rings. The molecule has 0 amide bonds. The van der Waals surface area contributed by atoms with Crippen molar-refractivity contribution in [1.29, 1.82) is 0 Å². The molecular weight excluding hydrogens is 733 g/mol. The lowest BCUT2D eigenvalue weighted by molar-refractivity contribution is 0.483. The second kappa shape index (κ2) is 14.7. The van der Waals surface area contributed by atoms with Crippen molar-refractivity contribution in [3.8, 4) is 28.4 Å². The number of hydrogen-bond acceptors (Lipinski definition) is 4. The van der Waals surface area contributed by atoms with E-state index in [2.05, 4.69) is 226 Å². The van der Waals surface area contributed by atoms with Gasteiger partial charge in [-0.15, -0.1) is 0 Å². The van der Waals surface area contributed by atoms with Crippen molar-refractivity contribution >= 4 is 33.2 Å². The van der Waals surface area contributed by atoms with Crippen LogP contribution in [0.4, 0.5) is 11.4 Å². The van der Waals surface area contributed by atoms with Crippen LogP contribution in [0.15, 0.2) is 128 Å². The second-order valence-electron chi connectivity index (χ2n) is 20.9. The molecule has 0 bridgehead atoms. The predicted octanol–water partition coefficient (Wildman–Crippen LogP) is 14.9. The first-order chi connectivity index (χ1) is 28.1. The van der Waals surface area contributed by atoms with E-state index in [1.807, 2.05) is 6.20 Å². The molecule has 0 atom stereocenters. The molecule has 5 heteroatoms. The Hall–Kier alpha value is -5.81. The van der Waals surface area contributed by atoms with Crippen LogP contribution >= 0.6 is 0 Å². The van der Waals surface area contributed by atoms with Crippen LogP contribution in [0.2, 0.25) is 0 Å². The average Bonchev–Trinajstić information content (AvgIpc) is 3.80. The molecule has 0 saturated carbocycles. The maximum Gasteiger partial charge on any atom is 0.138 e. The van der Waals surface area contributed by atoms with Gasteiger partial charge in [0.25, 0.3) is 0 Å². The SMILES string of the molecule is Cc1cc(Oc2ccc3c4ccccc4n(-c4cc(-c5ccc(C(C)(C)C)cc5C(C)(C)C)ccn4)c3c2)cc(N2C=CN(c3cc(C(C)(C)C)cc(C(C)(C)C)c3)C2)c1. The molecule has 8 rings (SSSR count). The summed E-state index contributed by atoms with van der Waals surface area (Å²) < 4.78 is 9.04. The van der Waals surface area contributed by atoms with Crippen molar-refractivity contribution in [2.75, 3.05) is 16.5 Å². The summed E-state index contributed by atoms with van der Waals surface area (Å²) in [7, 11) is 0. The first-order valence-corrected chi connectivity index (χ1v) is 21.5. The van der Waals surface area contributed by atoms with Crippen LogP contribution in [-0.2, 0) is 21.7 Å². The molecule has 0 aliphatic carbocycles. The lowest BCUT2D eigenvalue weighted by atomic mass is 9.77. The van der Waals surface area contributed by atoms with Gasteiger partial charge in [0, 0.05) is 52.9 Å². The minimum absolute atomic E-state index is 0.0343. The van der Waals surface area contributed by atoms with E-state index in [1.54, 1.807) is 0 Å². The Morgan fingerprint density at radius 1 is 0.517 bits per heavy atom. The van der Waals surface area contributed by atoms with Crippen LogP contribution in [-0.4, -0.2) is 16.2 Å². The first kappa shape index (κ1) is 40.9. The van der Waals surface area contributed by atoms with Crippen LogP contribution in [0.25, 0.3) is 38.8 Å². The molecule has 0 radical (unpaired) electrons. The lowest BCUT2D eigenvalue weighted by Gasteiger charge is -2.29. The fraction of sp³-hybridized carbons (Fsp3) is 0.327. The molecule has 7 aromatic rings. The zero-order valence-corrected chi connectivity index (χ0v) is 38.0. The average molecular weight is 795 g/mol. The third-order valence-electron chi connectivity index (χ3n) is 11.9. The molecule has 0 unspecified atom stereocenters. The molecule has 0 fully saturated rings. The number of aromatic nitrogens is 2. The zero-order valence-electron chi connectivity index (χ0n) is 38.0.